The number of likely N-dealkylation sites (tertiary alicyclic amines) is 1. The molecule has 1 aliphatic heterocycles. The Bertz CT molecular complexity index is 335. The Morgan fingerprint density at radius 3 is 2.81 bits per heavy atom. The van der Waals surface area contributed by atoms with Gasteiger partial charge in [-0.25, -0.2) is 0 Å². The topological polar surface area (TPSA) is 70.4 Å². The molecule has 0 bridgehead atoms. The summed E-state index contributed by atoms with van der Waals surface area (Å²) in [7, 11) is 0. The molecule has 1 unspecified atom stereocenters. The van der Waals surface area contributed by atoms with E-state index in [2.05, 4.69) is 0 Å². The zero-order valence-corrected chi connectivity index (χ0v) is 9.65. The number of nitrogens with zero attached hydrogens (tertiary/aromatic N) is 2. The lowest BCUT2D eigenvalue weighted by Gasteiger charge is -2.19. The Kier molecular flexibility index (Phi) is 3.88. The van der Waals surface area contributed by atoms with Gasteiger partial charge in [-0.05, 0) is 13.3 Å². The molecule has 0 aromatic rings. The van der Waals surface area contributed by atoms with Gasteiger partial charge in [-0.2, -0.15) is 5.26 Å². The van der Waals surface area contributed by atoms with Gasteiger partial charge < -0.3 is 9.64 Å². The molecule has 16 heavy (non-hydrogen) atoms. The van der Waals surface area contributed by atoms with E-state index in [9.17, 15) is 9.59 Å². The molecule has 1 rings (SSSR count). The molecule has 0 N–H and O–H groups in total. The third-order valence-electron chi connectivity index (χ3n) is 2.64. The highest BCUT2D eigenvalue weighted by atomic mass is 16.5. The van der Waals surface area contributed by atoms with Crippen molar-refractivity contribution < 1.29 is 14.3 Å². The van der Waals surface area contributed by atoms with Gasteiger partial charge in [-0.15, -0.1) is 0 Å². The Balaban J connectivity index is 2.82. The second-order valence-electron chi connectivity index (χ2n) is 3.91. The van der Waals surface area contributed by atoms with Crippen LogP contribution in [-0.4, -0.2) is 36.5 Å². The molecule has 0 radical (unpaired) electrons. The minimum atomic E-state index is -1.29. The Labute approximate surface area is 95.0 Å². The zero-order chi connectivity index (χ0) is 12.2. The summed E-state index contributed by atoms with van der Waals surface area (Å²) >= 11 is 0. The van der Waals surface area contributed by atoms with Crippen molar-refractivity contribution in [2.24, 2.45) is 5.41 Å². The van der Waals surface area contributed by atoms with Gasteiger partial charge in [0, 0.05) is 6.54 Å². The summed E-state index contributed by atoms with van der Waals surface area (Å²) in [6, 6.07) is 1.94. The minimum Gasteiger partial charge on any atom is -0.465 e. The molecule has 0 aromatic heterocycles. The van der Waals surface area contributed by atoms with Crippen molar-refractivity contribution >= 4 is 11.9 Å². The van der Waals surface area contributed by atoms with E-state index in [-0.39, 0.29) is 25.5 Å². The van der Waals surface area contributed by atoms with E-state index in [0.717, 1.165) is 6.42 Å². The quantitative estimate of drug-likeness (QED) is 0.659. The molecule has 0 spiro atoms. The second kappa shape index (κ2) is 4.97. The monoisotopic (exact) mass is 224 g/mol. The summed E-state index contributed by atoms with van der Waals surface area (Å²) < 4.78 is 4.85. The number of carbonyl (C=O) groups is 2. The molecule has 0 saturated carbocycles. The lowest BCUT2D eigenvalue weighted by molar-refractivity contribution is -0.151. The largest absolute Gasteiger partial charge is 0.465 e. The summed E-state index contributed by atoms with van der Waals surface area (Å²) in [4.78, 5) is 24.8. The third-order valence-corrected chi connectivity index (χ3v) is 2.64. The van der Waals surface area contributed by atoms with E-state index in [4.69, 9.17) is 10.00 Å². The predicted octanol–water partition coefficient (Wildman–Crippen LogP) is 0.702. The predicted molar refractivity (Wildman–Crippen MR) is 56.2 cm³/mol. The van der Waals surface area contributed by atoms with Crippen LogP contribution in [0.1, 0.15) is 26.7 Å². The van der Waals surface area contributed by atoms with Crippen molar-refractivity contribution in [2.45, 2.75) is 26.7 Å². The average molecular weight is 224 g/mol. The number of hydrogen-bond donors (Lipinski definition) is 0. The first-order chi connectivity index (χ1) is 7.59. The summed E-state index contributed by atoms with van der Waals surface area (Å²) in [5.41, 5.74) is -1.29. The van der Waals surface area contributed by atoms with E-state index in [0.29, 0.717) is 6.54 Å². The molecular formula is C11H16N2O3. The first-order valence-electron chi connectivity index (χ1n) is 5.46. The smallest absolute Gasteiger partial charge is 0.328 e. The molecule has 5 nitrogen and oxygen atoms in total. The molecule has 5 heteroatoms. The number of esters is 1. The molecule has 0 aliphatic carbocycles. The van der Waals surface area contributed by atoms with Gasteiger partial charge in [-0.3, -0.25) is 9.59 Å². The van der Waals surface area contributed by atoms with Crippen LogP contribution in [0, 0.1) is 16.7 Å². The molecule has 88 valence electrons. The number of rotatable bonds is 4. The van der Waals surface area contributed by atoms with Crippen molar-refractivity contribution in [3.8, 4) is 6.07 Å². The maximum atomic E-state index is 11.7. The number of nitriles is 1. The van der Waals surface area contributed by atoms with Crippen LogP contribution in [0.5, 0.6) is 0 Å². The summed E-state index contributed by atoms with van der Waals surface area (Å²) in [6.07, 6.45) is 0.762. The fraction of sp³-hybridized carbons (Fsp3) is 0.727. The van der Waals surface area contributed by atoms with E-state index < -0.39 is 11.4 Å². The third kappa shape index (κ3) is 2.16. The van der Waals surface area contributed by atoms with Gasteiger partial charge in [0.15, 0.2) is 5.41 Å². The molecule has 1 heterocycles. The van der Waals surface area contributed by atoms with Crippen molar-refractivity contribution in [3.63, 3.8) is 0 Å². The number of carbonyl (C=O) groups excluding carboxylic acids is 2. The van der Waals surface area contributed by atoms with Crippen LogP contribution < -0.4 is 0 Å². The van der Waals surface area contributed by atoms with Crippen molar-refractivity contribution in [1.29, 1.82) is 5.26 Å². The van der Waals surface area contributed by atoms with Crippen LogP contribution in [0.4, 0.5) is 0 Å². The van der Waals surface area contributed by atoms with E-state index in [1.165, 1.54) is 0 Å². The van der Waals surface area contributed by atoms with Crippen molar-refractivity contribution in [1.82, 2.24) is 4.90 Å². The average Bonchev–Trinajstić information content (AvgIpc) is 2.58. The number of amides is 1. The summed E-state index contributed by atoms with van der Waals surface area (Å²) in [5, 5.41) is 9.09. The number of hydrogen-bond acceptors (Lipinski definition) is 4. The Hall–Kier alpha value is -1.57. The van der Waals surface area contributed by atoms with Gasteiger partial charge in [0.05, 0.1) is 25.6 Å². The molecule has 1 atom stereocenters. The highest BCUT2D eigenvalue weighted by molar-refractivity contribution is 5.92. The normalized spacial score (nSPS) is 24.3. The molecule has 1 fully saturated rings. The van der Waals surface area contributed by atoms with E-state index in [1.807, 2.05) is 13.0 Å². The number of ether oxygens (including phenoxy) is 1. The first-order valence-corrected chi connectivity index (χ1v) is 5.46. The van der Waals surface area contributed by atoms with Crippen LogP contribution in [-0.2, 0) is 14.3 Å². The van der Waals surface area contributed by atoms with Crippen LogP contribution in [0.3, 0.4) is 0 Å². The molecule has 1 aliphatic rings. The molecule has 1 amide bonds. The van der Waals surface area contributed by atoms with E-state index in [1.54, 1.807) is 11.8 Å². The second-order valence-corrected chi connectivity index (χ2v) is 3.91. The van der Waals surface area contributed by atoms with Gasteiger partial charge in [0.25, 0.3) is 0 Å². The SMILES string of the molecule is CCCN1CC(C#N)(C(=O)OCC)CC1=O. The van der Waals surface area contributed by atoms with Crippen molar-refractivity contribution in [2.75, 3.05) is 19.7 Å². The molecule has 1 saturated heterocycles. The fourth-order valence-corrected chi connectivity index (χ4v) is 1.84. The zero-order valence-electron chi connectivity index (χ0n) is 9.65. The van der Waals surface area contributed by atoms with Crippen LogP contribution in [0.25, 0.3) is 0 Å². The van der Waals surface area contributed by atoms with Crippen LogP contribution in [0.15, 0.2) is 0 Å². The lowest BCUT2D eigenvalue weighted by atomic mass is 9.89. The first kappa shape index (κ1) is 12.5. The fourth-order valence-electron chi connectivity index (χ4n) is 1.84. The van der Waals surface area contributed by atoms with Gasteiger partial charge in [0.1, 0.15) is 0 Å². The van der Waals surface area contributed by atoms with Gasteiger partial charge in [0.2, 0.25) is 5.91 Å². The Morgan fingerprint density at radius 1 is 1.62 bits per heavy atom. The highest BCUT2D eigenvalue weighted by Crippen LogP contribution is 2.32. The lowest BCUT2D eigenvalue weighted by Crippen LogP contribution is -2.35. The molecule has 0 aromatic carbocycles. The molecular weight excluding hydrogens is 208 g/mol. The van der Waals surface area contributed by atoms with Crippen LogP contribution in [0.2, 0.25) is 0 Å². The minimum absolute atomic E-state index is 0.0532. The Morgan fingerprint density at radius 2 is 2.31 bits per heavy atom. The van der Waals surface area contributed by atoms with Crippen molar-refractivity contribution in [3.05, 3.63) is 0 Å². The van der Waals surface area contributed by atoms with Crippen LogP contribution >= 0.6 is 0 Å². The van der Waals surface area contributed by atoms with Gasteiger partial charge in [-0.1, -0.05) is 6.92 Å². The standard InChI is InChI=1S/C11H16N2O3/c1-3-5-13-8-11(7-12,6-9(13)14)10(15)16-4-2/h3-6,8H2,1-2H3. The maximum Gasteiger partial charge on any atom is 0.328 e. The van der Waals surface area contributed by atoms with Gasteiger partial charge >= 0.3 is 5.97 Å². The summed E-state index contributed by atoms with van der Waals surface area (Å²) in [6.45, 7) is 4.61. The summed E-state index contributed by atoms with van der Waals surface area (Å²) in [5.74, 6) is -0.721. The highest BCUT2D eigenvalue weighted by Gasteiger charge is 2.50. The maximum absolute atomic E-state index is 11.7. The van der Waals surface area contributed by atoms with E-state index >= 15 is 0 Å².